The third-order valence-electron chi connectivity index (χ3n) is 3.51. The minimum absolute atomic E-state index is 0.405. The first-order chi connectivity index (χ1) is 8.37. The number of halogens is 1. The van der Waals surface area contributed by atoms with E-state index in [0.717, 1.165) is 28.8 Å². The summed E-state index contributed by atoms with van der Waals surface area (Å²) in [6, 6.07) is 0. The molecule has 5 heteroatoms. The quantitative estimate of drug-likeness (QED) is 0.846. The van der Waals surface area contributed by atoms with Crippen molar-refractivity contribution in [3.63, 3.8) is 0 Å². The van der Waals surface area contributed by atoms with Crippen molar-refractivity contribution in [2.45, 2.75) is 65.2 Å². The number of aliphatic hydroxyl groups is 2. The maximum Gasteiger partial charge on any atom is 0.0879 e. The molecule has 0 aromatic carbocycles. The van der Waals surface area contributed by atoms with E-state index in [1.54, 1.807) is 6.92 Å². The van der Waals surface area contributed by atoms with E-state index in [1.807, 2.05) is 18.5 Å². The lowest BCUT2D eigenvalue weighted by Gasteiger charge is -2.28. The molecule has 0 saturated carbocycles. The van der Waals surface area contributed by atoms with Gasteiger partial charge in [0.25, 0.3) is 0 Å². The maximum absolute atomic E-state index is 10.1. The summed E-state index contributed by atoms with van der Waals surface area (Å²) in [7, 11) is 0. The van der Waals surface area contributed by atoms with Crippen molar-refractivity contribution in [2.75, 3.05) is 0 Å². The van der Waals surface area contributed by atoms with Gasteiger partial charge >= 0.3 is 0 Å². The fourth-order valence-corrected chi connectivity index (χ4v) is 2.58. The molecule has 2 atom stereocenters. The highest BCUT2D eigenvalue weighted by molar-refractivity contribution is 9.10. The summed E-state index contributed by atoms with van der Waals surface area (Å²) < 4.78 is 2.84. The smallest absolute Gasteiger partial charge is 0.0879 e. The van der Waals surface area contributed by atoms with Gasteiger partial charge < -0.3 is 10.2 Å². The van der Waals surface area contributed by atoms with Gasteiger partial charge in [0.2, 0.25) is 0 Å². The Balaban J connectivity index is 3.00. The molecule has 0 aliphatic heterocycles. The van der Waals surface area contributed by atoms with Crippen LogP contribution in [0.15, 0.2) is 4.47 Å². The van der Waals surface area contributed by atoms with Gasteiger partial charge in [0, 0.05) is 13.0 Å². The molecule has 0 saturated heterocycles. The van der Waals surface area contributed by atoms with Crippen LogP contribution in [0.3, 0.4) is 0 Å². The van der Waals surface area contributed by atoms with Crippen molar-refractivity contribution in [3.8, 4) is 0 Å². The summed E-state index contributed by atoms with van der Waals surface area (Å²) in [4.78, 5) is 0. The van der Waals surface area contributed by atoms with E-state index in [9.17, 15) is 10.2 Å². The highest BCUT2D eigenvalue weighted by atomic mass is 79.9. The number of aromatic nitrogens is 2. The van der Waals surface area contributed by atoms with Crippen molar-refractivity contribution < 1.29 is 10.2 Å². The molecule has 0 bridgehead atoms. The van der Waals surface area contributed by atoms with Crippen molar-refractivity contribution >= 4 is 15.9 Å². The fourth-order valence-electron chi connectivity index (χ4n) is 1.85. The normalized spacial score (nSPS) is 16.6. The second-order valence-electron chi connectivity index (χ2n) is 4.81. The zero-order chi connectivity index (χ0) is 13.9. The summed E-state index contributed by atoms with van der Waals surface area (Å²) in [5, 5.41) is 24.7. The minimum Gasteiger partial charge on any atom is -0.390 e. The van der Waals surface area contributed by atoms with Gasteiger partial charge in [0.15, 0.2) is 0 Å². The topological polar surface area (TPSA) is 58.3 Å². The summed E-state index contributed by atoms with van der Waals surface area (Å²) in [6.45, 7) is 8.36. The van der Waals surface area contributed by atoms with Crippen LogP contribution in [0.4, 0.5) is 0 Å². The van der Waals surface area contributed by atoms with Gasteiger partial charge in [-0.2, -0.15) is 5.10 Å². The van der Waals surface area contributed by atoms with E-state index in [2.05, 4.69) is 28.0 Å². The van der Waals surface area contributed by atoms with E-state index in [1.165, 1.54) is 0 Å². The second-order valence-corrected chi connectivity index (χ2v) is 5.60. The molecule has 0 aliphatic rings. The van der Waals surface area contributed by atoms with Gasteiger partial charge in [-0.05, 0) is 42.6 Å². The monoisotopic (exact) mass is 318 g/mol. The zero-order valence-corrected chi connectivity index (χ0v) is 13.2. The molecule has 0 fully saturated rings. The largest absolute Gasteiger partial charge is 0.390 e. The Morgan fingerprint density at radius 2 is 2.00 bits per heavy atom. The molecule has 1 aromatic heterocycles. The maximum atomic E-state index is 10.1. The Bertz CT molecular complexity index is 402. The first kappa shape index (κ1) is 15.7. The molecule has 0 radical (unpaired) electrons. The molecule has 18 heavy (non-hydrogen) atoms. The third kappa shape index (κ3) is 3.13. The van der Waals surface area contributed by atoms with Crippen molar-refractivity contribution in [3.05, 3.63) is 15.9 Å². The van der Waals surface area contributed by atoms with Gasteiger partial charge in [-0.3, -0.25) is 4.68 Å². The Morgan fingerprint density at radius 3 is 2.44 bits per heavy atom. The lowest BCUT2D eigenvalue weighted by molar-refractivity contribution is -0.0637. The Kier molecular flexibility index (Phi) is 5.37. The van der Waals surface area contributed by atoms with Crippen molar-refractivity contribution in [1.29, 1.82) is 0 Å². The molecule has 1 heterocycles. The van der Waals surface area contributed by atoms with Crippen LogP contribution >= 0.6 is 15.9 Å². The molecule has 1 aromatic rings. The highest BCUT2D eigenvalue weighted by Gasteiger charge is 2.30. The van der Waals surface area contributed by atoms with Crippen LogP contribution in [-0.2, 0) is 19.4 Å². The Labute approximate surface area is 117 Å². The predicted molar refractivity (Wildman–Crippen MR) is 75.6 cm³/mol. The molecule has 2 unspecified atom stereocenters. The average Bonchev–Trinajstić information content (AvgIpc) is 2.66. The molecular formula is C13H23BrN2O2. The molecule has 0 aliphatic carbocycles. The first-order valence-electron chi connectivity index (χ1n) is 6.51. The van der Waals surface area contributed by atoms with Crippen LogP contribution < -0.4 is 0 Å². The third-order valence-corrected chi connectivity index (χ3v) is 4.43. The van der Waals surface area contributed by atoms with Crippen LogP contribution in [0, 0.1) is 0 Å². The Hall–Kier alpha value is -0.390. The lowest BCUT2D eigenvalue weighted by Crippen LogP contribution is -2.40. The van der Waals surface area contributed by atoms with Crippen LogP contribution in [0.25, 0.3) is 0 Å². The molecule has 0 spiro atoms. The van der Waals surface area contributed by atoms with Crippen LogP contribution in [-0.4, -0.2) is 31.7 Å². The second kappa shape index (κ2) is 6.17. The summed E-state index contributed by atoms with van der Waals surface area (Å²) in [5.41, 5.74) is 0.889. The van der Waals surface area contributed by atoms with Gasteiger partial charge in [-0.1, -0.05) is 13.8 Å². The van der Waals surface area contributed by atoms with E-state index < -0.39 is 11.7 Å². The lowest BCUT2D eigenvalue weighted by atomic mass is 9.92. The molecule has 2 N–H and O–H groups in total. The number of nitrogens with zero attached hydrogens (tertiary/aromatic N) is 2. The zero-order valence-electron chi connectivity index (χ0n) is 11.6. The van der Waals surface area contributed by atoms with E-state index in [4.69, 9.17) is 0 Å². The van der Waals surface area contributed by atoms with Gasteiger partial charge in [-0.25, -0.2) is 0 Å². The van der Waals surface area contributed by atoms with Crippen LogP contribution in [0.5, 0.6) is 0 Å². The molecular weight excluding hydrogens is 296 g/mol. The van der Waals surface area contributed by atoms with E-state index >= 15 is 0 Å². The fraction of sp³-hybridized carbons (Fsp3) is 0.769. The number of hydrogen-bond acceptors (Lipinski definition) is 3. The van der Waals surface area contributed by atoms with Gasteiger partial charge in [0.05, 0.1) is 27.6 Å². The van der Waals surface area contributed by atoms with Crippen LogP contribution in [0.1, 0.15) is 45.5 Å². The van der Waals surface area contributed by atoms with E-state index in [0.29, 0.717) is 12.8 Å². The van der Waals surface area contributed by atoms with Crippen molar-refractivity contribution in [2.24, 2.45) is 0 Å². The van der Waals surface area contributed by atoms with Gasteiger partial charge in [-0.15, -0.1) is 0 Å². The van der Waals surface area contributed by atoms with Crippen LogP contribution in [0.2, 0.25) is 0 Å². The summed E-state index contributed by atoms with van der Waals surface area (Å²) >= 11 is 3.54. The summed E-state index contributed by atoms with van der Waals surface area (Å²) in [6.07, 6.45) is 0.987. The minimum atomic E-state index is -1.06. The SMILES string of the molecule is CCc1nn(CC)c(CC(O)C(C)(O)CC)c1Br. The molecule has 1 rings (SSSR count). The first-order valence-corrected chi connectivity index (χ1v) is 7.31. The van der Waals surface area contributed by atoms with E-state index in [-0.39, 0.29) is 0 Å². The van der Waals surface area contributed by atoms with Crippen molar-refractivity contribution in [1.82, 2.24) is 9.78 Å². The molecule has 4 nitrogen and oxygen atoms in total. The number of rotatable bonds is 6. The number of aryl methyl sites for hydroxylation is 2. The predicted octanol–water partition coefficient (Wildman–Crippen LogP) is 2.29. The summed E-state index contributed by atoms with van der Waals surface area (Å²) in [5.74, 6) is 0. The number of aliphatic hydroxyl groups excluding tert-OH is 1. The number of hydrogen-bond donors (Lipinski definition) is 2. The van der Waals surface area contributed by atoms with Gasteiger partial charge in [0.1, 0.15) is 0 Å². The standard InChI is InChI=1S/C13H23BrN2O2/c1-5-9-12(14)10(16(7-3)15-9)8-11(17)13(4,18)6-2/h11,17-18H,5-8H2,1-4H3. The molecule has 0 amide bonds. The Morgan fingerprint density at radius 1 is 1.39 bits per heavy atom. The average molecular weight is 319 g/mol. The highest BCUT2D eigenvalue weighted by Crippen LogP contribution is 2.26. The molecule has 104 valence electrons.